The Balaban J connectivity index is 4.63. The Hall–Kier alpha value is -0.190. The summed E-state index contributed by atoms with van der Waals surface area (Å²) in [5.41, 5.74) is -2.04. The highest BCUT2D eigenvalue weighted by Gasteiger charge is 2.41. The van der Waals surface area contributed by atoms with Gasteiger partial charge in [-0.15, -0.1) is 0 Å². The number of hydrogen-bond donors (Lipinski definition) is 7. The van der Waals surface area contributed by atoms with Gasteiger partial charge in [-0.1, -0.05) is 0 Å². The first kappa shape index (κ1) is 18.8. The topological polar surface area (TPSA) is 202 Å². The average molecular weight is 324 g/mol. The molecule has 11 nitrogen and oxygen atoms in total. The lowest BCUT2D eigenvalue weighted by atomic mass is 10.0. The van der Waals surface area contributed by atoms with E-state index in [2.05, 4.69) is 4.52 Å². The van der Waals surface area contributed by atoms with Crippen molar-refractivity contribution in [2.75, 3.05) is 6.61 Å². The second-order valence-electron chi connectivity index (χ2n) is 3.45. The maximum Gasteiger partial charge on any atom is 0.394 e. The van der Waals surface area contributed by atoms with E-state index in [1.165, 1.54) is 0 Å². The monoisotopic (exact) mass is 324 g/mol. The summed E-state index contributed by atoms with van der Waals surface area (Å²) in [5, 5.41) is 36.8. The van der Waals surface area contributed by atoms with Crippen molar-refractivity contribution in [3.8, 4) is 0 Å². The summed E-state index contributed by atoms with van der Waals surface area (Å²) < 4.78 is 24.7. The Morgan fingerprint density at radius 1 is 1.16 bits per heavy atom. The molecule has 0 aromatic carbocycles. The molecule has 0 bridgehead atoms. The van der Waals surface area contributed by atoms with Gasteiger partial charge >= 0.3 is 15.9 Å². The van der Waals surface area contributed by atoms with Gasteiger partial charge in [-0.25, -0.2) is 0 Å². The van der Waals surface area contributed by atoms with E-state index in [4.69, 9.17) is 19.8 Å². The van der Waals surface area contributed by atoms with Crippen LogP contribution in [0.25, 0.3) is 0 Å². The van der Waals surface area contributed by atoms with Crippen LogP contribution in [0.5, 0.6) is 0 Å². The summed E-state index contributed by atoms with van der Waals surface area (Å²) >= 11 is 0. The lowest BCUT2D eigenvalue weighted by Crippen LogP contribution is -2.48. The number of rotatable bonds is 8. The minimum atomic E-state index is -5.33. The molecule has 0 aliphatic heterocycles. The molecule has 0 saturated heterocycles. The van der Waals surface area contributed by atoms with Crippen molar-refractivity contribution in [3.05, 3.63) is 0 Å². The van der Waals surface area contributed by atoms with Crippen LogP contribution in [-0.2, 0) is 18.4 Å². The van der Waals surface area contributed by atoms with E-state index in [9.17, 15) is 29.2 Å². The standard InChI is InChI=1S/C6H14O11P2/c7-2(1-17-18(12)13)3(8)4(9)5(10)6(11)19(14,15)16/h2-5,7-10,18H,1H2,(H,12,13)(H2,14,15,16)/t2-,3-,4+,5+/m1/s1. The Kier molecular flexibility index (Phi) is 7.48. The lowest BCUT2D eigenvalue weighted by Gasteiger charge is -2.25. The summed E-state index contributed by atoms with van der Waals surface area (Å²) in [6.07, 6.45) is -9.25. The van der Waals surface area contributed by atoms with E-state index in [1.807, 2.05) is 0 Å². The van der Waals surface area contributed by atoms with Crippen LogP contribution in [0.2, 0.25) is 0 Å². The zero-order valence-electron chi connectivity index (χ0n) is 9.23. The fourth-order valence-corrected chi connectivity index (χ4v) is 1.80. The molecule has 0 aliphatic carbocycles. The Bertz CT molecular complexity index is 377. The van der Waals surface area contributed by atoms with E-state index >= 15 is 0 Å². The summed E-state index contributed by atoms with van der Waals surface area (Å²) in [5.74, 6) is 0. The third-order valence-corrected chi connectivity index (χ3v) is 3.24. The van der Waals surface area contributed by atoms with Crippen LogP contribution in [0.3, 0.4) is 0 Å². The summed E-state index contributed by atoms with van der Waals surface area (Å²) in [4.78, 5) is 36.1. The van der Waals surface area contributed by atoms with Crippen LogP contribution in [0.15, 0.2) is 0 Å². The van der Waals surface area contributed by atoms with Crippen molar-refractivity contribution in [2.45, 2.75) is 24.4 Å². The maximum atomic E-state index is 10.9. The normalized spacial score (nSPS) is 20.4. The molecule has 13 heteroatoms. The van der Waals surface area contributed by atoms with Gasteiger partial charge in [0.05, 0.1) is 6.61 Å². The van der Waals surface area contributed by atoms with Gasteiger partial charge in [0.15, 0.2) is 6.10 Å². The first-order valence-electron chi connectivity index (χ1n) is 4.66. The second-order valence-corrected chi connectivity index (χ2v) is 5.80. The highest BCUT2D eigenvalue weighted by molar-refractivity contribution is 7.70. The predicted molar refractivity (Wildman–Crippen MR) is 58.3 cm³/mol. The van der Waals surface area contributed by atoms with Crippen LogP contribution in [0.4, 0.5) is 0 Å². The number of aliphatic hydroxyl groups is 4. The number of hydrogen-bond acceptors (Lipinski definition) is 8. The molecular formula is C6H14O11P2. The molecule has 0 saturated carbocycles. The van der Waals surface area contributed by atoms with Crippen molar-refractivity contribution < 1.29 is 53.6 Å². The molecule has 0 aromatic heterocycles. The number of carbonyl (C=O) groups is 1. The number of carbonyl (C=O) groups excluding carboxylic acids is 1. The van der Waals surface area contributed by atoms with Crippen molar-refractivity contribution in [3.63, 3.8) is 0 Å². The SMILES string of the molecule is O=C([C@@H](O)[C@@H](O)[C@H](O)[C@H](O)CO[PH](=O)O)P(=O)(O)O. The third-order valence-electron chi connectivity index (χ3n) is 1.99. The van der Waals surface area contributed by atoms with Gasteiger partial charge in [-0.3, -0.25) is 13.9 Å². The van der Waals surface area contributed by atoms with E-state index in [0.29, 0.717) is 0 Å². The molecule has 0 heterocycles. The third kappa shape index (κ3) is 6.19. The van der Waals surface area contributed by atoms with Crippen LogP contribution < -0.4 is 0 Å². The van der Waals surface area contributed by atoms with Crippen molar-refractivity contribution in [2.24, 2.45) is 0 Å². The molecule has 0 rings (SSSR count). The average Bonchev–Trinajstić information content (AvgIpc) is 2.30. The van der Waals surface area contributed by atoms with Gasteiger partial charge in [0.25, 0.3) is 5.52 Å². The van der Waals surface area contributed by atoms with Gasteiger partial charge < -0.3 is 39.6 Å². The molecule has 19 heavy (non-hydrogen) atoms. The van der Waals surface area contributed by atoms with Crippen molar-refractivity contribution in [1.82, 2.24) is 0 Å². The molecule has 5 atom stereocenters. The van der Waals surface area contributed by atoms with Crippen molar-refractivity contribution in [1.29, 1.82) is 0 Å². The van der Waals surface area contributed by atoms with E-state index in [-0.39, 0.29) is 0 Å². The predicted octanol–water partition coefficient (Wildman–Crippen LogP) is -3.47. The smallest absolute Gasteiger partial charge is 0.388 e. The molecule has 0 radical (unpaired) electrons. The number of aliphatic hydroxyl groups excluding tert-OH is 4. The van der Waals surface area contributed by atoms with Gasteiger partial charge in [-0.05, 0) is 0 Å². The van der Waals surface area contributed by atoms with Crippen LogP contribution in [0.1, 0.15) is 0 Å². The fraction of sp³-hybridized carbons (Fsp3) is 0.833. The zero-order chi connectivity index (χ0) is 15.4. The van der Waals surface area contributed by atoms with E-state index in [0.717, 1.165) is 0 Å². The molecule has 0 fully saturated rings. The van der Waals surface area contributed by atoms with Crippen molar-refractivity contribution >= 4 is 21.4 Å². The Labute approximate surface area is 107 Å². The second kappa shape index (κ2) is 7.55. The zero-order valence-corrected chi connectivity index (χ0v) is 11.1. The first-order chi connectivity index (χ1) is 8.48. The molecule has 1 unspecified atom stereocenters. The maximum absolute atomic E-state index is 10.9. The highest BCUT2D eigenvalue weighted by Crippen LogP contribution is 2.37. The quantitative estimate of drug-likeness (QED) is 0.219. The Morgan fingerprint density at radius 3 is 2.00 bits per heavy atom. The molecule has 0 amide bonds. The van der Waals surface area contributed by atoms with E-state index < -0.39 is 52.4 Å². The summed E-state index contributed by atoms with van der Waals surface area (Å²) in [7, 11) is -8.73. The fourth-order valence-electron chi connectivity index (χ4n) is 0.988. The molecule has 7 N–H and O–H groups in total. The molecule has 0 aliphatic rings. The van der Waals surface area contributed by atoms with Gasteiger partial charge in [0.1, 0.15) is 18.3 Å². The van der Waals surface area contributed by atoms with Crippen LogP contribution in [0, 0.1) is 0 Å². The summed E-state index contributed by atoms with van der Waals surface area (Å²) in [6, 6.07) is 0. The van der Waals surface area contributed by atoms with Crippen LogP contribution >= 0.6 is 15.9 Å². The van der Waals surface area contributed by atoms with Gasteiger partial charge in [-0.2, -0.15) is 0 Å². The van der Waals surface area contributed by atoms with Crippen LogP contribution in [-0.4, -0.2) is 71.7 Å². The van der Waals surface area contributed by atoms with Gasteiger partial charge in [0.2, 0.25) is 0 Å². The molecule has 114 valence electrons. The minimum Gasteiger partial charge on any atom is -0.388 e. The largest absolute Gasteiger partial charge is 0.394 e. The molecule has 0 aromatic rings. The Morgan fingerprint density at radius 2 is 1.63 bits per heavy atom. The minimum absolute atomic E-state index is 0.899. The lowest BCUT2D eigenvalue weighted by molar-refractivity contribution is -0.140. The van der Waals surface area contributed by atoms with E-state index in [1.54, 1.807) is 0 Å². The summed E-state index contributed by atoms with van der Waals surface area (Å²) in [6.45, 7) is -0.899. The first-order valence-corrected chi connectivity index (χ1v) is 7.54. The van der Waals surface area contributed by atoms with Gasteiger partial charge in [0, 0.05) is 0 Å². The highest BCUT2D eigenvalue weighted by atomic mass is 31.2. The molecule has 0 spiro atoms. The molecular weight excluding hydrogens is 310 g/mol.